The van der Waals surface area contributed by atoms with E-state index in [9.17, 15) is 9.59 Å². The van der Waals surface area contributed by atoms with Crippen LogP contribution in [0.1, 0.15) is 5.56 Å². The number of carbonyl (C=O) groups is 2. The van der Waals surface area contributed by atoms with Crippen molar-refractivity contribution in [2.75, 3.05) is 50.8 Å². The lowest BCUT2D eigenvalue weighted by atomic mass is 10.2. The lowest BCUT2D eigenvalue weighted by molar-refractivity contribution is -0.122. The summed E-state index contributed by atoms with van der Waals surface area (Å²) in [6.45, 7) is 4.57. The van der Waals surface area contributed by atoms with E-state index < -0.39 is 0 Å². The largest absolute Gasteiger partial charge is 0.379 e. The maximum absolute atomic E-state index is 13.3. The number of ether oxygens (including phenoxy) is 1. The Morgan fingerprint density at radius 3 is 2.77 bits per heavy atom. The van der Waals surface area contributed by atoms with E-state index in [0.717, 1.165) is 53.5 Å². The third kappa shape index (κ3) is 5.77. The minimum atomic E-state index is -0.162. The van der Waals surface area contributed by atoms with E-state index in [0.29, 0.717) is 11.4 Å². The van der Waals surface area contributed by atoms with Gasteiger partial charge in [-0.2, -0.15) is 0 Å². The van der Waals surface area contributed by atoms with Crippen LogP contribution in [-0.2, 0) is 14.3 Å². The van der Waals surface area contributed by atoms with Crippen LogP contribution in [0, 0.1) is 0 Å². The normalized spacial score (nSPS) is 18.2. The number of hydrogen-bond acceptors (Lipinski definition) is 5. The van der Waals surface area contributed by atoms with E-state index >= 15 is 0 Å². The Kier molecular flexibility index (Phi) is 7.45. The number of nitrogens with one attached hydrogen (secondary N) is 1. The summed E-state index contributed by atoms with van der Waals surface area (Å²) in [5.41, 5.74) is 1.70. The highest BCUT2D eigenvalue weighted by Crippen LogP contribution is 2.41. The van der Waals surface area contributed by atoms with Crippen LogP contribution < -0.4 is 10.2 Å². The standard InChI is InChI=1S/C23H24BrN3O3S/c24-18-5-3-4-17(14-18)15-21-23(29)27(19-6-1-2-7-20(19)31-21)16-22(28)25-8-9-26-10-12-30-13-11-26/h1-7,14-15H,8-13,16H2,(H,25,28). The molecule has 1 saturated heterocycles. The van der Waals surface area contributed by atoms with Crippen molar-refractivity contribution < 1.29 is 14.3 Å². The van der Waals surface area contributed by atoms with Crippen molar-refractivity contribution in [2.24, 2.45) is 0 Å². The van der Waals surface area contributed by atoms with Crippen LogP contribution in [0.5, 0.6) is 0 Å². The smallest absolute Gasteiger partial charge is 0.265 e. The molecule has 1 fully saturated rings. The van der Waals surface area contributed by atoms with E-state index in [1.807, 2.05) is 54.6 Å². The first-order chi connectivity index (χ1) is 15.1. The highest BCUT2D eigenvalue weighted by atomic mass is 79.9. The molecule has 2 heterocycles. The molecular formula is C23H24BrN3O3S. The number of carbonyl (C=O) groups excluding carboxylic acids is 2. The third-order valence-corrected chi connectivity index (χ3v) is 6.70. The quantitative estimate of drug-likeness (QED) is 0.614. The SMILES string of the molecule is O=C(CN1C(=O)C(=Cc2cccc(Br)c2)Sc2ccccc21)NCCN1CCOCC1. The summed E-state index contributed by atoms with van der Waals surface area (Å²) in [6, 6.07) is 15.5. The van der Waals surface area contributed by atoms with Gasteiger partial charge in [-0.05, 0) is 35.9 Å². The average Bonchev–Trinajstić information content (AvgIpc) is 2.77. The molecule has 31 heavy (non-hydrogen) atoms. The summed E-state index contributed by atoms with van der Waals surface area (Å²) in [7, 11) is 0. The predicted octanol–water partition coefficient (Wildman–Crippen LogP) is 3.38. The fourth-order valence-corrected chi connectivity index (χ4v) is 5.02. The fourth-order valence-electron chi connectivity index (χ4n) is 3.54. The molecule has 4 rings (SSSR count). The van der Waals surface area contributed by atoms with Crippen LogP contribution in [0.2, 0.25) is 0 Å². The van der Waals surface area contributed by atoms with Crippen molar-refractivity contribution in [3.05, 3.63) is 63.5 Å². The summed E-state index contributed by atoms with van der Waals surface area (Å²) in [4.78, 5) is 31.3. The van der Waals surface area contributed by atoms with Gasteiger partial charge in [0.1, 0.15) is 6.54 Å². The van der Waals surface area contributed by atoms with Gasteiger partial charge in [0.2, 0.25) is 5.91 Å². The van der Waals surface area contributed by atoms with Gasteiger partial charge in [-0.3, -0.25) is 19.4 Å². The van der Waals surface area contributed by atoms with Gasteiger partial charge in [-0.15, -0.1) is 0 Å². The summed E-state index contributed by atoms with van der Waals surface area (Å²) in [5, 5.41) is 2.95. The highest BCUT2D eigenvalue weighted by Gasteiger charge is 2.30. The van der Waals surface area contributed by atoms with Crippen LogP contribution in [-0.4, -0.2) is 62.7 Å². The number of benzene rings is 2. The molecule has 0 aliphatic carbocycles. The molecule has 2 amide bonds. The summed E-state index contributed by atoms with van der Waals surface area (Å²) >= 11 is 4.91. The summed E-state index contributed by atoms with van der Waals surface area (Å²) < 4.78 is 6.30. The number of fused-ring (bicyclic) bond motifs is 1. The zero-order valence-corrected chi connectivity index (χ0v) is 19.5. The first-order valence-electron chi connectivity index (χ1n) is 10.2. The van der Waals surface area contributed by atoms with E-state index in [4.69, 9.17) is 4.74 Å². The molecule has 1 N–H and O–H groups in total. The predicted molar refractivity (Wildman–Crippen MR) is 127 cm³/mol. The van der Waals surface area contributed by atoms with Crippen LogP contribution in [0.3, 0.4) is 0 Å². The molecule has 2 aromatic rings. The second kappa shape index (κ2) is 10.5. The van der Waals surface area contributed by atoms with Crippen LogP contribution in [0.15, 0.2) is 62.8 Å². The summed E-state index contributed by atoms with van der Waals surface area (Å²) in [6.07, 6.45) is 1.87. The molecule has 2 aliphatic rings. The number of nitrogens with zero attached hydrogens (tertiary/aromatic N) is 2. The number of morpholine rings is 1. The second-order valence-corrected chi connectivity index (χ2v) is 9.33. The highest BCUT2D eigenvalue weighted by molar-refractivity contribution is 9.10. The molecule has 0 atom stereocenters. The monoisotopic (exact) mass is 501 g/mol. The second-order valence-electron chi connectivity index (χ2n) is 7.33. The molecule has 0 bridgehead atoms. The van der Waals surface area contributed by atoms with E-state index in [1.165, 1.54) is 11.8 Å². The van der Waals surface area contributed by atoms with Gasteiger partial charge in [-0.1, -0.05) is 52.0 Å². The van der Waals surface area contributed by atoms with Gasteiger partial charge in [0, 0.05) is 35.5 Å². The Balaban J connectivity index is 1.46. The molecule has 0 saturated carbocycles. The van der Waals surface area contributed by atoms with Gasteiger partial charge in [-0.25, -0.2) is 0 Å². The van der Waals surface area contributed by atoms with Crippen LogP contribution in [0.4, 0.5) is 5.69 Å². The van der Waals surface area contributed by atoms with Crippen molar-refractivity contribution in [2.45, 2.75) is 4.90 Å². The molecule has 162 valence electrons. The maximum Gasteiger partial charge on any atom is 0.265 e. The van der Waals surface area contributed by atoms with Crippen molar-refractivity contribution in [3.8, 4) is 0 Å². The van der Waals surface area contributed by atoms with Gasteiger partial charge in [0.15, 0.2) is 0 Å². The Bertz CT molecular complexity index is 992. The van der Waals surface area contributed by atoms with Gasteiger partial charge in [0.05, 0.1) is 23.8 Å². The Hall–Kier alpha value is -2.13. The minimum Gasteiger partial charge on any atom is -0.379 e. The summed E-state index contributed by atoms with van der Waals surface area (Å²) in [5.74, 6) is -0.322. The first-order valence-corrected chi connectivity index (χ1v) is 11.8. The topological polar surface area (TPSA) is 61.9 Å². The molecule has 0 spiro atoms. The Morgan fingerprint density at radius 2 is 1.97 bits per heavy atom. The molecular weight excluding hydrogens is 478 g/mol. The zero-order valence-electron chi connectivity index (χ0n) is 17.1. The first kappa shape index (κ1) is 22.1. The Morgan fingerprint density at radius 1 is 1.16 bits per heavy atom. The number of para-hydroxylation sites is 1. The van der Waals surface area contributed by atoms with Crippen molar-refractivity contribution in [1.82, 2.24) is 10.2 Å². The van der Waals surface area contributed by atoms with E-state index in [2.05, 4.69) is 26.1 Å². The number of rotatable bonds is 6. The van der Waals surface area contributed by atoms with E-state index in [1.54, 1.807) is 4.90 Å². The Labute approximate surface area is 194 Å². The van der Waals surface area contributed by atoms with Crippen molar-refractivity contribution in [3.63, 3.8) is 0 Å². The van der Waals surface area contributed by atoms with Crippen LogP contribution in [0.25, 0.3) is 6.08 Å². The van der Waals surface area contributed by atoms with Crippen molar-refractivity contribution >= 4 is 51.3 Å². The number of amides is 2. The number of hydrogen-bond donors (Lipinski definition) is 1. The molecule has 0 aromatic heterocycles. The fraction of sp³-hybridized carbons (Fsp3) is 0.304. The van der Waals surface area contributed by atoms with Crippen molar-refractivity contribution in [1.29, 1.82) is 0 Å². The number of thioether (sulfide) groups is 1. The average molecular weight is 502 g/mol. The zero-order chi connectivity index (χ0) is 21.6. The molecule has 0 radical (unpaired) electrons. The lowest BCUT2D eigenvalue weighted by Gasteiger charge is -2.30. The van der Waals surface area contributed by atoms with Gasteiger partial charge in [0.25, 0.3) is 5.91 Å². The van der Waals surface area contributed by atoms with Gasteiger partial charge >= 0.3 is 0 Å². The van der Waals surface area contributed by atoms with Crippen LogP contribution >= 0.6 is 27.7 Å². The van der Waals surface area contributed by atoms with E-state index in [-0.39, 0.29) is 18.4 Å². The maximum atomic E-state index is 13.3. The molecule has 2 aromatic carbocycles. The number of halogens is 1. The van der Waals surface area contributed by atoms with Gasteiger partial charge < -0.3 is 10.1 Å². The molecule has 6 nitrogen and oxygen atoms in total. The lowest BCUT2D eigenvalue weighted by Crippen LogP contribution is -2.45. The molecule has 0 unspecified atom stereocenters. The molecule has 2 aliphatic heterocycles. The third-order valence-electron chi connectivity index (χ3n) is 5.13. The number of anilines is 1. The minimum absolute atomic E-state index is 0.00462. The molecule has 8 heteroatoms.